The van der Waals surface area contributed by atoms with Gasteiger partial charge in [-0.2, -0.15) is 0 Å². The van der Waals surface area contributed by atoms with Crippen LogP contribution >= 0.6 is 11.3 Å². The van der Waals surface area contributed by atoms with Gasteiger partial charge < -0.3 is 9.84 Å². The van der Waals surface area contributed by atoms with Crippen molar-refractivity contribution in [2.24, 2.45) is 0 Å². The molecule has 0 bridgehead atoms. The van der Waals surface area contributed by atoms with Crippen molar-refractivity contribution in [2.45, 2.75) is 25.9 Å². The first kappa shape index (κ1) is 10.6. The van der Waals surface area contributed by atoms with E-state index in [0.29, 0.717) is 6.61 Å². The number of rotatable bonds is 4. The maximum atomic E-state index is 9.67. The Labute approximate surface area is 82.4 Å². The SMILES string of the molecule is COCCc1ncc(C(C)(C)O)s1. The quantitative estimate of drug-likeness (QED) is 0.804. The first-order valence-electron chi connectivity index (χ1n) is 4.20. The number of ether oxygens (including phenoxy) is 1. The summed E-state index contributed by atoms with van der Waals surface area (Å²) in [6.07, 6.45) is 2.55. The molecule has 0 aromatic carbocycles. The van der Waals surface area contributed by atoms with Crippen molar-refractivity contribution in [3.05, 3.63) is 16.1 Å². The summed E-state index contributed by atoms with van der Waals surface area (Å²) in [5, 5.41) is 10.7. The minimum atomic E-state index is -0.775. The Morgan fingerprint density at radius 1 is 1.62 bits per heavy atom. The number of hydrogen-bond donors (Lipinski definition) is 1. The van der Waals surface area contributed by atoms with Crippen LogP contribution in [0.1, 0.15) is 23.7 Å². The molecule has 4 heteroatoms. The van der Waals surface area contributed by atoms with E-state index in [9.17, 15) is 5.11 Å². The van der Waals surface area contributed by atoms with E-state index in [-0.39, 0.29) is 0 Å². The molecule has 3 nitrogen and oxygen atoms in total. The molecule has 0 aliphatic carbocycles. The second-order valence-electron chi connectivity index (χ2n) is 3.42. The largest absolute Gasteiger partial charge is 0.385 e. The smallest absolute Gasteiger partial charge is 0.0951 e. The van der Waals surface area contributed by atoms with E-state index in [1.807, 2.05) is 0 Å². The van der Waals surface area contributed by atoms with E-state index in [0.717, 1.165) is 16.3 Å². The van der Waals surface area contributed by atoms with Gasteiger partial charge in [-0.3, -0.25) is 0 Å². The molecular weight excluding hydrogens is 186 g/mol. The van der Waals surface area contributed by atoms with Gasteiger partial charge in [0.2, 0.25) is 0 Å². The molecule has 0 aliphatic heterocycles. The summed E-state index contributed by atoms with van der Waals surface area (Å²) in [6, 6.07) is 0. The van der Waals surface area contributed by atoms with Gasteiger partial charge in [-0.25, -0.2) is 4.98 Å². The Kier molecular flexibility index (Phi) is 3.41. The summed E-state index contributed by atoms with van der Waals surface area (Å²) in [5.41, 5.74) is -0.775. The zero-order valence-electron chi connectivity index (χ0n) is 8.20. The Morgan fingerprint density at radius 3 is 2.77 bits per heavy atom. The highest BCUT2D eigenvalue weighted by atomic mass is 32.1. The van der Waals surface area contributed by atoms with Gasteiger partial charge in [-0.15, -0.1) is 11.3 Å². The highest BCUT2D eigenvalue weighted by molar-refractivity contribution is 7.11. The normalized spacial score (nSPS) is 12.0. The van der Waals surface area contributed by atoms with Gasteiger partial charge in [0.15, 0.2) is 0 Å². The Balaban J connectivity index is 2.64. The molecule has 0 saturated carbocycles. The van der Waals surface area contributed by atoms with E-state index in [1.165, 1.54) is 11.3 Å². The number of aliphatic hydroxyl groups is 1. The lowest BCUT2D eigenvalue weighted by atomic mass is 10.1. The molecule has 0 radical (unpaired) electrons. The van der Waals surface area contributed by atoms with E-state index in [4.69, 9.17) is 4.74 Å². The fourth-order valence-corrected chi connectivity index (χ4v) is 1.80. The molecule has 74 valence electrons. The molecule has 0 saturated heterocycles. The molecule has 0 fully saturated rings. The van der Waals surface area contributed by atoms with Crippen molar-refractivity contribution in [2.75, 3.05) is 13.7 Å². The summed E-state index contributed by atoms with van der Waals surface area (Å²) < 4.78 is 4.94. The van der Waals surface area contributed by atoms with Crippen LogP contribution in [-0.4, -0.2) is 23.8 Å². The van der Waals surface area contributed by atoms with Gasteiger partial charge >= 0.3 is 0 Å². The first-order valence-corrected chi connectivity index (χ1v) is 5.02. The molecule has 0 spiro atoms. The fourth-order valence-electron chi connectivity index (χ4n) is 0.898. The van der Waals surface area contributed by atoms with Crippen molar-refractivity contribution in [1.29, 1.82) is 0 Å². The Bertz CT molecular complexity index is 265. The molecule has 1 heterocycles. The van der Waals surface area contributed by atoms with Crippen LogP contribution in [0.25, 0.3) is 0 Å². The minimum Gasteiger partial charge on any atom is -0.385 e. The molecule has 0 amide bonds. The van der Waals surface area contributed by atoms with Crippen molar-refractivity contribution >= 4 is 11.3 Å². The van der Waals surface area contributed by atoms with Crippen LogP contribution in [0.3, 0.4) is 0 Å². The van der Waals surface area contributed by atoms with Crippen LogP contribution in [0, 0.1) is 0 Å². The number of thiazole rings is 1. The Morgan fingerprint density at radius 2 is 2.31 bits per heavy atom. The van der Waals surface area contributed by atoms with Crippen molar-refractivity contribution < 1.29 is 9.84 Å². The number of hydrogen-bond acceptors (Lipinski definition) is 4. The average Bonchev–Trinajstić information content (AvgIpc) is 2.47. The zero-order chi connectivity index (χ0) is 9.90. The molecular formula is C9H15NO2S. The molecule has 0 aliphatic rings. The lowest BCUT2D eigenvalue weighted by molar-refractivity contribution is 0.0823. The second kappa shape index (κ2) is 4.17. The number of aromatic nitrogens is 1. The van der Waals surface area contributed by atoms with Gasteiger partial charge in [0.05, 0.1) is 22.1 Å². The van der Waals surface area contributed by atoms with Crippen LogP contribution in [0.15, 0.2) is 6.20 Å². The van der Waals surface area contributed by atoms with Crippen LogP contribution in [0.5, 0.6) is 0 Å². The highest BCUT2D eigenvalue weighted by Gasteiger charge is 2.18. The maximum Gasteiger partial charge on any atom is 0.0951 e. The van der Waals surface area contributed by atoms with Crippen molar-refractivity contribution in [3.63, 3.8) is 0 Å². The van der Waals surface area contributed by atoms with Gasteiger partial charge in [0, 0.05) is 19.7 Å². The third-order valence-corrected chi connectivity index (χ3v) is 3.05. The van der Waals surface area contributed by atoms with E-state index < -0.39 is 5.60 Å². The monoisotopic (exact) mass is 201 g/mol. The van der Waals surface area contributed by atoms with Gasteiger partial charge in [0.1, 0.15) is 0 Å². The highest BCUT2D eigenvalue weighted by Crippen LogP contribution is 2.25. The predicted octanol–water partition coefficient (Wildman–Crippen LogP) is 1.56. The van der Waals surface area contributed by atoms with E-state index >= 15 is 0 Å². The molecule has 1 aromatic rings. The molecule has 0 atom stereocenters. The summed E-state index contributed by atoms with van der Waals surface area (Å²) in [7, 11) is 1.67. The van der Waals surface area contributed by atoms with Crippen LogP contribution in [0.2, 0.25) is 0 Å². The minimum absolute atomic E-state index is 0.679. The first-order chi connectivity index (χ1) is 6.04. The van der Waals surface area contributed by atoms with Crippen LogP contribution < -0.4 is 0 Å². The third-order valence-electron chi connectivity index (χ3n) is 1.68. The van der Waals surface area contributed by atoms with E-state index in [2.05, 4.69) is 4.98 Å². The molecule has 13 heavy (non-hydrogen) atoms. The lowest BCUT2D eigenvalue weighted by Crippen LogP contribution is -2.12. The summed E-state index contributed by atoms with van der Waals surface area (Å²) >= 11 is 1.54. The third kappa shape index (κ3) is 3.06. The van der Waals surface area contributed by atoms with Crippen molar-refractivity contribution in [1.82, 2.24) is 4.98 Å². The van der Waals surface area contributed by atoms with Gasteiger partial charge in [0.25, 0.3) is 0 Å². The summed E-state index contributed by atoms with van der Waals surface area (Å²) in [4.78, 5) is 5.10. The lowest BCUT2D eigenvalue weighted by Gasteiger charge is -2.13. The Hall–Kier alpha value is -0.450. The number of methoxy groups -OCH3 is 1. The van der Waals surface area contributed by atoms with Crippen molar-refractivity contribution in [3.8, 4) is 0 Å². The summed E-state index contributed by atoms with van der Waals surface area (Å²) in [6.45, 7) is 4.21. The molecule has 1 rings (SSSR count). The van der Waals surface area contributed by atoms with Crippen LogP contribution in [-0.2, 0) is 16.8 Å². The van der Waals surface area contributed by atoms with E-state index in [1.54, 1.807) is 27.2 Å². The standard InChI is InChI=1S/C9H15NO2S/c1-9(2,11)7-6-10-8(13-7)4-5-12-3/h6,11H,4-5H2,1-3H3. The fraction of sp³-hybridized carbons (Fsp3) is 0.667. The number of nitrogens with zero attached hydrogens (tertiary/aromatic N) is 1. The molecule has 1 N–H and O–H groups in total. The summed E-state index contributed by atoms with van der Waals surface area (Å²) in [5.74, 6) is 0. The topological polar surface area (TPSA) is 42.4 Å². The van der Waals surface area contributed by atoms with Crippen LogP contribution in [0.4, 0.5) is 0 Å². The second-order valence-corrected chi connectivity index (χ2v) is 4.54. The average molecular weight is 201 g/mol. The van der Waals surface area contributed by atoms with Gasteiger partial charge in [-0.1, -0.05) is 0 Å². The molecule has 1 aromatic heterocycles. The molecule has 0 unspecified atom stereocenters. The zero-order valence-corrected chi connectivity index (χ0v) is 9.02. The van der Waals surface area contributed by atoms with Gasteiger partial charge in [-0.05, 0) is 13.8 Å². The predicted molar refractivity (Wildman–Crippen MR) is 52.9 cm³/mol. The maximum absolute atomic E-state index is 9.67.